The molecule has 1 atom stereocenters. The van der Waals surface area contributed by atoms with Crippen LogP contribution in [0.1, 0.15) is 36.5 Å². The van der Waals surface area contributed by atoms with E-state index < -0.39 is 0 Å². The van der Waals surface area contributed by atoms with Crippen molar-refractivity contribution >= 4 is 0 Å². The van der Waals surface area contributed by atoms with Gasteiger partial charge in [0, 0.05) is 18.7 Å². The molecule has 0 bridgehead atoms. The predicted octanol–water partition coefficient (Wildman–Crippen LogP) is 2.96. The molecule has 1 aliphatic heterocycles. The number of nitrogens with one attached hydrogen (secondary N) is 1. The molecule has 0 aromatic heterocycles. The molecule has 0 saturated carbocycles. The zero-order chi connectivity index (χ0) is 12.3. The molecule has 0 radical (unpaired) electrons. The third kappa shape index (κ3) is 3.55. The van der Waals surface area contributed by atoms with E-state index >= 15 is 0 Å². The number of ether oxygens (including phenoxy) is 1. The molecule has 0 aliphatic carbocycles. The van der Waals surface area contributed by atoms with Gasteiger partial charge in [-0.05, 0) is 39.2 Å². The molecule has 1 aromatic carbocycles. The summed E-state index contributed by atoms with van der Waals surface area (Å²) in [7, 11) is 0. The lowest BCUT2D eigenvalue weighted by Crippen LogP contribution is -2.48. The molecule has 0 spiro atoms. The second-order valence-corrected chi connectivity index (χ2v) is 5.57. The van der Waals surface area contributed by atoms with Crippen molar-refractivity contribution in [3.63, 3.8) is 0 Å². The summed E-state index contributed by atoms with van der Waals surface area (Å²) < 4.78 is 5.56. The second kappa shape index (κ2) is 5.19. The lowest BCUT2D eigenvalue weighted by atomic mass is 9.94. The van der Waals surface area contributed by atoms with E-state index in [4.69, 9.17) is 4.74 Å². The van der Waals surface area contributed by atoms with E-state index in [9.17, 15) is 0 Å². The number of hydrogen-bond acceptors (Lipinski definition) is 2. The highest BCUT2D eigenvalue weighted by atomic mass is 16.5. The summed E-state index contributed by atoms with van der Waals surface area (Å²) in [5.41, 5.74) is 4.20. The third-order valence-electron chi connectivity index (χ3n) is 3.44. The quantitative estimate of drug-likeness (QED) is 0.866. The summed E-state index contributed by atoms with van der Waals surface area (Å²) in [5, 5.41) is 3.64. The van der Waals surface area contributed by atoms with Gasteiger partial charge in [-0.15, -0.1) is 0 Å². The van der Waals surface area contributed by atoms with E-state index in [1.54, 1.807) is 0 Å². The summed E-state index contributed by atoms with van der Waals surface area (Å²) in [6.45, 7) is 9.25. The van der Waals surface area contributed by atoms with Crippen LogP contribution in [0.15, 0.2) is 18.2 Å². The van der Waals surface area contributed by atoms with Gasteiger partial charge in [-0.1, -0.05) is 29.3 Å². The van der Waals surface area contributed by atoms with Crippen LogP contribution in [0.3, 0.4) is 0 Å². The van der Waals surface area contributed by atoms with Crippen molar-refractivity contribution in [3.05, 3.63) is 34.9 Å². The Morgan fingerprint density at radius 2 is 1.94 bits per heavy atom. The largest absolute Gasteiger partial charge is 0.380 e. The third-order valence-corrected chi connectivity index (χ3v) is 3.44. The zero-order valence-electron chi connectivity index (χ0n) is 11.2. The Balaban J connectivity index is 1.96. The van der Waals surface area contributed by atoms with Crippen LogP contribution < -0.4 is 5.32 Å². The smallest absolute Gasteiger partial charge is 0.0645 e. The molecule has 1 N–H and O–H groups in total. The van der Waals surface area contributed by atoms with E-state index in [1.807, 2.05) is 0 Å². The minimum Gasteiger partial charge on any atom is -0.380 e. The number of rotatable bonds is 3. The highest BCUT2D eigenvalue weighted by Crippen LogP contribution is 2.19. The number of benzene rings is 1. The van der Waals surface area contributed by atoms with E-state index in [0.29, 0.717) is 0 Å². The van der Waals surface area contributed by atoms with Crippen molar-refractivity contribution in [2.45, 2.75) is 45.7 Å². The molecule has 94 valence electrons. The molecule has 1 unspecified atom stereocenters. The molecular weight excluding hydrogens is 210 g/mol. The molecule has 1 heterocycles. The fourth-order valence-electron chi connectivity index (χ4n) is 2.56. The Hall–Kier alpha value is -0.860. The summed E-state index contributed by atoms with van der Waals surface area (Å²) in [6.07, 6.45) is 2.37. The maximum atomic E-state index is 5.56. The van der Waals surface area contributed by atoms with Crippen LogP contribution in [-0.4, -0.2) is 18.8 Å². The fourth-order valence-corrected chi connectivity index (χ4v) is 2.56. The van der Waals surface area contributed by atoms with Gasteiger partial charge in [0.15, 0.2) is 0 Å². The van der Waals surface area contributed by atoms with Gasteiger partial charge in [0.05, 0.1) is 6.61 Å². The van der Waals surface area contributed by atoms with Crippen LogP contribution in [0.5, 0.6) is 0 Å². The Morgan fingerprint density at radius 1 is 1.24 bits per heavy atom. The maximum absolute atomic E-state index is 5.56. The minimum atomic E-state index is 0.149. The van der Waals surface area contributed by atoms with Crippen molar-refractivity contribution in [3.8, 4) is 0 Å². The first-order valence-electron chi connectivity index (χ1n) is 6.47. The molecule has 17 heavy (non-hydrogen) atoms. The second-order valence-electron chi connectivity index (χ2n) is 5.57. The van der Waals surface area contributed by atoms with Crippen molar-refractivity contribution in [1.82, 2.24) is 5.32 Å². The van der Waals surface area contributed by atoms with Crippen LogP contribution >= 0.6 is 0 Å². The van der Waals surface area contributed by atoms with Crippen molar-refractivity contribution in [2.24, 2.45) is 0 Å². The molecule has 1 saturated heterocycles. The average molecular weight is 233 g/mol. The first kappa shape index (κ1) is 12.6. The standard InChI is InChI=1S/C15H23NO/c1-12-7-13(2)9-14(8-12)10-16-15(3)5-4-6-17-11-15/h7-9,16H,4-6,10-11H2,1-3H3. The summed E-state index contributed by atoms with van der Waals surface area (Å²) in [5.74, 6) is 0. The van der Waals surface area contributed by atoms with Gasteiger partial charge >= 0.3 is 0 Å². The molecular formula is C15H23NO. The van der Waals surface area contributed by atoms with Crippen LogP contribution in [0.25, 0.3) is 0 Å². The van der Waals surface area contributed by atoms with Gasteiger partial charge in [-0.2, -0.15) is 0 Å². The predicted molar refractivity (Wildman–Crippen MR) is 71.2 cm³/mol. The lowest BCUT2D eigenvalue weighted by Gasteiger charge is -2.34. The topological polar surface area (TPSA) is 21.3 Å². The highest BCUT2D eigenvalue weighted by molar-refractivity contribution is 5.28. The molecule has 2 rings (SSSR count). The lowest BCUT2D eigenvalue weighted by molar-refractivity contribution is 0.0278. The van der Waals surface area contributed by atoms with E-state index in [0.717, 1.165) is 26.2 Å². The first-order valence-corrected chi connectivity index (χ1v) is 6.47. The molecule has 1 fully saturated rings. The van der Waals surface area contributed by atoms with E-state index in [1.165, 1.54) is 23.1 Å². The first-order chi connectivity index (χ1) is 8.07. The van der Waals surface area contributed by atoms with Crippen LogP contribution in [0, 0.1) is 13.8 Å². The molecule has 2 nitrogen and oxygen atoms in total. The monoisotopic (exact) mass is 233 g/mol. The molecule has 2 heteroatoms. The van der Waals surface area contributed by atoms with Crippen LogP contribution in [0.2, 0.25) is 0 Å². The van der Waals surface area contributed by atoms with Gasteiger partial charge in [0.25, 0.3) is 0 Å². The summed E-state index contributed by atoms with van der Waals surface area (Å²) in [4.78, 5) is 0. The molecule has 0 amide bonds. The average Bonchev–Trinajstić information content (AvgIpc) is 2.26. The maximum Gasteiger partial charge on any atom is 0.0645 e. The molecule has 1 aromatic rings. The summed E-state index contributed by atoms with van der Waals surface area (Å²) >= 11 is 0. The normalized spacial score (nSPS) is 24.9. The van der Waals surface area contributed by atoms with Crippen LogP contribution in [-0.2, 0) is 11.3 Å². The minimum absolute atomic E-state index is 0.149. The van der Waals surface area contributed by atoms with Gasteiger partial charge in [0.2, 0.25) is 0 Å². The van der Waals surface area contributed by atoms with E-state index in [2.05, 4.69) is 44.3 Å². The number of hydrogen-bond donors (Lipinski definition) is 1. The fraction of sp³-hybridized carbons (Fsp3) is 0.600. The van der Waals surface area contributed by atoms with Gasteiger partial charge in [-0.25, -0.2) is 0 Å². The van der Waals surface area contributed by atoms with Crippen molar-refractivity contribution in [2.75, 3.05) is 13.2 Å². The van der Waals surface area contributed by atoms with Gasteiger partial charge in [0.1, 0.15) is 0 Å². The highest BCUT2D eigenvalue weighted by Gasteiger charge is 2.26. The Kier molecular flexibility index (Phi) is 3.85. The van der Waals surface area contributed by atoms with Crippen molar-refractivity contribution in [1.29, 1.82) is 0 Å². The van der Waals surface area contributed by atoms with Gasteiger partial charge < -0.3 is 10.1 Å². The van der Waals surface area contributed by atoms with Crippen molar-refractivity contribution < 1.29 is 4.74 Å². The van der Waals surface area contributed by atoms with Gasteiger partial charge in [-0.3, -0.25) is 0 Å². The van der Waals surface area contributed by atoms with Crippen LogP contribution in [0.4, 0.5) is 0 Å². The Bertz CT molecular complexity index is 360. The Labute approximate surface area is 104 Å². The number of aryl methyl sites for hydroxylation is 2. The molecule has 1 aliphatic rings. The van der Waals surface area contributed by atoms with E-state index in [-0.39, 0.29) is 5.54 Å². The Morgan fingerprint density at radius 3 is 2.53 bits per heavy atom. The summed E-state index contributed by atoms with van der Waals surface area (Å²) in [6, 6.07) is 6.73. The SMILES string of the molecule is Cc1cc(C)cc(CNC2(C)CCCOC2)c1. The zero-order valence-corrected chi connectivity index (χ0v) is 11.2.